The maximum atomic E-state index is 14.1. The normalized spacial score (nSPS) is 11.2. The van der Waals surface area contributed by atoms with Crippen LogP contribution < -0.4 is 15.9 Å². The van der Waals surface area contributed by atoms with Crippen molar-refractivity contribution in [2.45, 2.75) is 6.92 Å². The van der Waals surface area contributed by atoms with Gasteiger partial charge in [0.2, 0.25) is 0 Å². The lowest BCUT2D eigenvalue weighted by Crippen LogP contribution is -2.25. The zero-order valence-corrected chi connectivity index (χ0v) is 14.1. The van der Waals surface area contributed by atoms with E-state index < -0.39 is 13.1 Å². The van der Waals surface area contributed by atoms with Crippen LogP contribution in [-0.2, 0) is 4.57 Å². The molecule has 0 saturated carbocycles. The van der Waals surface area contributed by atoms with Gasteiger partial charge in [-0.1, -0.05) is 60.7 Å². The summed E-state index contributed by atoms with van der Waals surface area (Å²) in [4.78, 5) is 11.3. The van der Waals surface area contributed by atoms with Crippen molar-refractivity contribution in [3.63, 3.8) is 0 Å². The Kier molecular flexibility index (Phi) is 4.37. The second kappa shape index (κ2) is 6.46. The van der Waals surface area contributed by atoms with E-state index in [4.69, 9.17) is 0 Å². The summed E-state index contributed by atoms with van der Waals surface area (Å²) < 4.78 is 14.1. The Morgan fingerprint density at radius 2 is 1.29 bits per heavy atom. The van der Waals surface area contributed by atoms with Gasteiger partial charge in [-0.25, -0.2) is 4.79 Å². The Balaban J connectivity index is 2.26. The summed E-state index contributed by atoms with van der Waals surface area (Å²) in [5.74, 6) is -0.978. The number of aryl methyl sites for hydroxylation is 1. The lowest BCUT2D eigenvalue weighted by atomic mass is 10.1. The van der Waals surface area contributed by atoms with Crippen molar-refractivity contribution in [3.8, 4) is 0 Å². The van der Waals surface area contributed by atoms with Crippen LogP contribution in [0.5, 0.6) is 0 Å². The largest absolute Gasteiger partial charge is 0.478 e. The smallest absolute Gasteiger partial charge is 0.335 e. The molecule has 0 aromatic heterocycles. The van der Waals surface area contributed by atoms with Crippen LogP contribution >= 0.6 is 7.14 Å². The number of carbonyl (C=O) groups is 1. The number of hydrogen-bond acceptors (Lipinski definition) is 2. The molecule has 0 aliphatic rings. The van der Waals surface area contributed by atoms with Gasteiger partial charge in [0.05, 0.1) is 5.56 Å². The van der Waals surface area contributed by atoms with E-state index in [0.29, 0.717) is 10.9 Å². The molecule has 0 unspecified atom stereocenters. The van der Waals surface area contributed by atoms with Crippen LogP contribution in [0.3, 0.4) is 0 Å². The van der Waals surface area contributed by atoms with Crippen LogP contribution in [-0.4, -0.2) is 11.1 Å². The SMILES string of the molecule is Cc1cc(P(=O)(c2ccccc2)c2ccccc2)ccc1C(=O)O. The van der Waals surface area contributed by atoms with Gasteiger partial charge in [0.1, 0.15) is 0 Å². The molecule has 0 atom stereocenters. The van der Waals surface area contributed by atoms with Crippen molar-refractivity contribution in [1.29, 1.82) is 0 Å². The minimum atomic E-state index is -3.05. The molecule has 0 radical (unpaired) electrons. The number of carboxylic acids is 1. The van der Waals surface area contributed by atoms with Gasteiger partial charge < -0.3 is 9.67 Å². The van der Waals surface area contributed by atoms with Gasteiger partial charge in [-0.2, -0.15) is 0 Å². The van der Waals surface area contributed by atoms with Crippen molar-refractivity contribution >= 4 is 29.0 Å². The zero-order valence-electron chi connectivity index (χ0n) is 13.2. The predicted octanol–water partition coefficient (Wildman–Crippen LogP) is 3.33. The maximum absolute atomic E-state index is 14.1. The minimum Gasteiger partial charge on any atom is -0.478 e. The average molecular weight is 336 g/mol. The third-order valence-electron chi connectivity index (χ3n) is 4.04. The van der Waals surface area contributed by atoms with E-state index in [1.165, 1.54) is 6.07 Å². The number of benzene rings is 3. The van der Waals surface area contributed by atoms with Gasteiger partial charge in [0.25, 0.3) is 0 Å². The van der Waals surface area contributed by atoms with Gasteiger partial charge in [-0.05, 0) is 30.7 Å². The highest BCUT2D eigenvalue weighted by Crippen LogP contribution is 2.42. The summed E-state index contributed by atoms with van der Waals surface area (Å²) in [5.41, 5.74) is 0.832. The molecule has 0 spiro atoms. The van der Waals surface area contributed by atoms with Crippen molar-refractivity contribution in [3.05, 3.63) is 90.0 Å². The Morgan fingerprint density at radius 3 is 1.71 bits per heavy atom. The van der Waals surface area contributed by atoms with Gasteiger partial charge in [0, 0.05) is 15.9 Å². The van der Waals surface area contributed by atoms with Crippen LogP contribution in [0.4, 0.5) is 0 Å². The first-order valence-electron chi connectivity index (χ1n) is 7.59. The van der Waals surface area contributed by atoms with Gasteiger partial charge in [-0.3, -0.25) is 0 Å². The molecule has 0 aliphatic heterocycles. The molecule has 0 fully saturated rings. The summed E-state index contributed by atoms with van der Waals surface area (Å²) in [6.07, 6.45) is 0. The van der Waals surface area contributed by atoms with Crippen molar-refractivity contribution in [2.75, 3.05) is 0 Å². The molecule has 3 nitrogen and oxygen atoms in total. The molecule has 0 saturated heterocycles. The first kappa shape index (κ1) is 16.2. The molecule has 0 bridgehead atoms. The average Bonchev–Trinajstić information content (AvgIpc) is 2.62. The maximum Gasteiger partial charge on any atom is 0.335 e. The van der Waals surface area contributed by atoms with E-state index in [9.17, 15) is 14.5 Å². The first-order chi connectivity index (χ1) is 11.5. The highest BCUT2D eigenvalue weighted by Gasteiger charge is 2.30. The fourth-order valence-electron chi connectivity index (χ4n) is 2.81. The van der Waals surface area contributed by atoms with Gasteiger partial charge in [0.15, 0.2) is 7.14 Å². The molecular weight excluding hydrogens is 319 g/mol. The lowest BCUT2D eigenvalue weighted by molar-refractivity contribution is 0.0696. The molecule has 3 aromatic carbocycles. The number of rotatable bonds is 4. The Bertz CT molecular complexity index is 875. The molecule has 0 heterocycles. The fourth-order valence-corrected chi connectivity index (χ4v) is 5.55. The molecule has 3 aromatic rings. The quantitative estimate of drug-likeness (QED) is 0.744. The molecule has 120 valence electrons. The van der Waals surface area contributed by atoms with Gasteiger partial charge >= 0.3 is 5.97 Å². The van der Waals surface area contributed by atoms with Crippen LogP contribution in [0.2, 0.25) is 0 Å². The molecule has 4 heteroatoms. The van der Waals surface area contributed by atoms with Crippen molar-refractivity contribution in [2.24, 2.45) is 0 Å². The van der Waals surface area contributed by atoms with E-state index in [1.807, 2.05) is 60.7 Å². The third-order valence-corrected chi connectivity index (χ3v) is 7.10. The summed E-state index contributed by atoms with van der Waals surface area (Å²) in [6, 6.07) is 23.6. The van der Waals surface area contributed by atoms with Crippen LogP contribution in [0, 0.1) is 6.92 Å². The molecule has 0 aliphatic carbocycles. The number of carboxylic acid groups (broad SMARTS) is 1. The highest BCUT2D eigenvalue weighted by atomic mass is 31.2. The van der Waals surface area contributed by atoms with Crippen molar-refractivity contribution in [1.82, 2.24) is 0 Å². The summed E-state index contributed by atoms with van der Waals surface area (Å²) in [5, 5.41) is 11.3. The summed E-state index contributed by atoms with van der Waals surface area (Å²) >= 11 is 0. The fraction of sp³-hybridized carbons (Fsp3) is 0.0500. The third kappa shape index (κ3) is 2.79. The van der Waals surface area contributed by atoms with Crippen LogP contribution in [0.1, 0.15) is 15.9 Å². The van der Waals surface area contributed by atoms with E-state index in [0.717, 1.165) is 10.6 Å². The summed E-state index contributed by atoms with van der Waals surface area (Å²) in [6.45, 7) is 1.73. The van der Waals surface area contributed by atoms with E-state index in [2.05, 4.69) is 0 Å². The predicted molar refractivity (Wildman–Crippen MR) is 97.5 cm³/mol. The van der Waals surface area contributed by atoms with Gasteiger partial charge in [-0.15, -0.1) is 0 Å². The Morgan fingerprint density at radius 1 is 0.792 bits per heavy atom. The first-order valence-corrected chi connectivity index (χ1v) is 9.30. The molecule has 3 rings (SSSR count). The van der Waals surface area contributed by atoms with Crippen LogP contribution in [0.25, 0.3) is 0 Å². The Labute approximate surface area is 141 Å². The molecule has 0 amide bonds. The van der Waals surface area contributed by atoms with Crippen molar-refractivity contribution < 1.29 is 14.5 Å². The lowest BCUT2D eigenvalue weighted by Gasteiger charge is -2.20. The second-order valence-electron chi connectivity index (χ2n) is 5.58. The second-order valence-corrected chi connectivity index (χ2v) is 8.35. The molecule has 1 N–H and O–H groups in total. The Hall–Kier alpha value is -2.64. The monoisotopic (exact) mass is 336 g/mol. The number of aromatic carboxylic acids is 1. The van der Waals surface area contributed by atoms with E-state index >= 15 is 0 Å². The molecule has 24 heavy (non-hydrogen) atoms. The minimum absolute atomic E-state index is 0.228. The molecular formula is C20H17O3P. The zero-order chi connectivity index (χ0) is 17.2. The topological polar surface area (TPSA) is 54.4 Å². The van der Waals surface area contributed by atoms with Crippen LogP contribution in [0.15, 0.2) is 78.9 Å². The standard InChI is InChI=1S/C20H17O3P/c1-15-14-18(12-13-19(15)20(21)22)24(23,16-8-4-2-5-9-16)17-10-6-3-7-11-17/h2-14H,1H3,(H,21,22). The van der Waals surface area contributed by atoms with E-state index in [1.54, 1.807) is 19.1 Å². The van der Waals surface area contributed by atoms with E-state index in [-0.39, 0.29) is 5.56 Å². The number of hydrogen-bond donors (Lipinski definition) is 1. The highest BCUT2D eigenvalue weighted by molar-refractivity contribution is 7.85. The summed E-state index contributed by atoms with van der Waals surface area (Å²) in [7, 11) is -3.05.